The van der Waals surface area contributed by atoms with E-state index in [1.165, 1.54) is 12.3 Å². The molecule has 0 saturated heterocycles. The standard InChI is InChI=1S/C17H19FN2O2S/c1-11(2)23(21,22)20-17-8-16(17)13-5-3-12(4-6-13)14-7-15(18)10-19-9-14/h3-7,9-11,16-17,20H,8H2,1-2H3. The lowest BCUT2D eigenvalue weighted by Crippen LogP contribution is -2.33. The van der Waals surface area contributed by atoms with Crippen molar-refractivity contribution in [3.8, 4) is 11.1 Å². The molecule has 1 heterocycles. The molecule has 0 aliphatic heterocycles. The molecule has 23 heavy (non-hydrogen) atoms. The molecule has 0 amide bonds. The summed E-state index contributed by atoms with van der Waals surface area (Å²) in [4.78, 5) is 3.85. The van der Waals surface area contributed by atoms with Crippen LogP contribution in [0.25, 0.3) is 11.1 Å². The number of aromatic nitrogens is 1. The van der Waals surface area contributed by atoms with Crippen LogP contribution in [0.3, 0.4) is 0 Å². The molecule has 4 nitrogen and oxygen atoms in total. The lowest BCUT2D eigenvalue weighted by Gasteiger charge is -2.09. The van der Waals surface area contributed by atoms with Crippen LogP contribution in [-0.4, -0.2) is 24.7 Å². The van der Waals surface area contributed by atoms with Gasteiger partial charge in [0, 0.05) is 23.7 Å². The van der Waals surface area contributed by atoms with Crippen molar-refractivity contribution < 1.29 is 12.8 Å². The Hall–Kier alpha value is -1.79. The van der Waals surface area contributed by atoms with Gasteiger partial charge in [0.1, 0.15) is 5.82 Å². The predicted molar refractivity (Wildman–Crippen MR) is 88.0 cm³/mol. The van der Waals surface area contributed by atoms with Crippen molar-refractivity contribution in [3.05, 3.63) is 54.1 Å². The maximum Gasteiger partial charge on any atom is 0.214 e. The molecule has 2 atom stereocenters. The fraction of sp³-hybridized carbons (Fsp3) is 0.353. The molecule has 1 aromatic heterocycles. The van der Waals surface area contributed by atoms with E-state index in [-0.39, 0.29) is 17.8 Å². The Morgan fingerprint density at radius 3 is 2.48 bits per heavy atom. The summed E-state index contributed by atoms with van der Waals surface area (Å²) in [5, 5.41) is -0.424. The van der Waals surface area contributed by atoms with Gasteiger partial charge in [-0.1, -0.05) is 24.3 Å². The predicted octanol–water partition coefficient (Wildman–Crippen LogP) is 3.07. The van der Waals surface area contributed by atoms with Gasteiger partial charge in [-0.05, 0) is 37.5 Å². The van der Waals surface area contributed by atoms with Gasteiger partial charge >= 0.3 is 0 Å². The fourth-order valence-corrected chi connectivity index (χ4v) is 3.49. The van der Waals surface area contributed by atoms with Crippen LogP contribution in [0.2, 0.25) is 0 Å². The summed E-state index contributed by atoms with van der Waals surface area (Å²) in [7, 11) is -3.23. The topological polar surface area (TPSA) is 59.1 Å². The monoisotopic (exact) mass is 334 g/mol. The third kappa shape index (κ3) is 3.59. The summed E-state index contributed by atoms with van der Waals surface area (Å²) in [6.45, 7) is 3.34. The second-order valence-corrected chi connectivity index (χ2v) is 8.44. The van der Waals surface area contributed by atoms with Gasteiger partial charge in [-0.2, -0.15) is 0 Å². The molecule has 1 fully saturated rings. The van der Waals surface area contributed by atoms with Crippen molar-refractivity contribution in [3.63, 3.8) is 0 Å². The first-order valence-corrected chi connectivity index (χ1v) is 9.13. The minimum absolute atomic E-state index is 0.0240. The van der Waals surface area contributed by atoms with Gasteiger partial charge in [-0.25, -0.2) is 17.5 Å². The summed E-state index contributed by atoms with van der Waals surface area (Å²) < 4.78 is 39.7. The quantitative estimate of drug-likeness (QED) is 0.914. The molecule has 1 saturated carbocycles. The first kappa shape index (κ1) is 16.1. The van der Waals surface area contributed by atoms with Crippen LogP contribution in [0.5, 0.6) is 0 Å². The van der Waals surface area contributed by atoms with E-state index in [0.29, 0.717) is 0 Å². The molecular weight excluding hydrogens is 315 g/mol. The number of benzene rings is 1. The summed E-state index contributed by atoms with van der Waals surface area (Å²) in [6, 6.07) is 9.18. The Morgan fingerprint density at radius 2 is 1.87 bits per heavy atom. The Balaban J connectivity index is 1.70. The number of pyridine rings is 1. The molecule has 2 unspecified atom stereocenters. The molecule has 1 aromatic carbocycles. The number of rotatable bonds is 5. The van der Waals surface area contributed by atoms with Gasteiger partial charge in [0.15, 0.2) is 0 Å². The van der Waals surface area contributed by atoms with E-state index in [1.54, 1.807) is 20.0 Å². The minimum Gasteiger partial charge on any atom is -0.261 e. The van der Waals surface area contributed by atoms with Crippen LogP contribution in [0.4, 0.5) is 4.39 Å². The third-order valence-corrected chi connectivity index (χ3v) is 5.98. The Morgan fingerprint density at radius 1 is 1.17 bits per heavy atom. The summed E-state index contributed by atoms with van der Waals surface area (Å²) >= 11 is 0. The van der Waals surface area contributed by atoms with Gasteiger partial charge in [0.05, 0.1) is 11.4 Å². The first-order chi connectivity index (χ1) is 10.9. The minimum atomic E-state index is -3.23. The molecule has 0 bridgehead atoms. The van der Waals surface area contributed by atoms with Gasteiger partial charge in [0.25, 0.3) is 0 Å². The maximum atomic E-state index is 13.2. The SMILES string of the molecule is CC(C)S(=O)(=O)NC1CC1c1ccc(-c2cncc(F)c2)cc1. The largest absolute Gasteiger partial charge is 0.261 e. The molecular formula is C17H19FN2O2S. The van der Waals surface area contributed by atoms with E-state index in [1.807, 2.05) is 24.3 Å². The van der Waals surface area contributed by atoms with Crippen molar-refractivity contribution in [2.45, 2.75) is 37.5 Å². The number of hydrogen-bond donors (Lipinski definition) is 1. The highest BCUT2D eigenvalue weighted by molar-refractivity contribution is 7.90. The number of hydrogen-bond acceptors (Lipinski definition) is 3. The number of nitrogens with zero attached hydrogens (tertiary/aromatic N) is 1. The van der Waals surface area contributed by atoms with Crippen LogP contribution in [0.1, 0.15) is 31.7 Å². The second-order valence-electron chi connectivity index (χ2n) is 6.17. The second kappa shape index (κ2) is 6.02. The zero-order chi connectivity index (χ0) is 16.6. The Kier molecular flexibility index (Phi) is 4.21. The Bertz CT molecular complexity index is 804. The van der Waals surface area contributed by atoms with Gasteiger partial charge in [-0.3, -0.25) is 4.98 Å². The zero-order valence-electron chi connectivity index (χ0n) is 13.0. The number of sulfonamides is 1. The van der Waals surface area contributed by atoms with Gasteiger partial charge in [0.2, 0.25) is 10.0 Å². The average molecular weight is 334 g/mol. The summed E-state index contributed by atoms with van der Waals surface area (Å²) in [5.74, 6) is -0.153. The smallest absolute Gasteiger partial charge is 0.214 e. The van der Waals surface area contributed by atoms with E-state index in [0.717, 1.165) is 23.1 Å². The summed E-state index contributed by atoms with van der Waals surface area (Å²) in [6.07, 6.45) is 3.61. The van der Waals surface area contributed by atoms with Crippen molar-refractivity contribution in [2.75, 3.05) is 0 Å². The highest BCUT2D eigenvalue weighted by Gasteiger charge is 2.41. The van der Waals surface area contributed by atoms with E-state index < -0.39 is 15.3 Å². The molecule has 0 spiro atoms. The van der Waals surface area contributed by atoms with Crippen molar-refractivity contribution >= 4 is 10.0 Å². The molecule has 3 rings (SSSR count). The lowest BCUT2D eigenvalue weighted by molar-refractivity contribution is 0.571. The highest BCUT2D eigenvalue weighted by Crippen LogP contribution is 2.41. The van der Waals surface area contributed by atoms with Crippen LogP contribution in [-0.2, 0) is 10.0 Å². The zero-order valence-corrected chi connectivity index (χ0v) is 13.8. The average Bonchev–Trinajstić information content (AvgIpc) is 3.25. The highest BCUT2D eigenvalue weighted by atomic mass is 32.2. The van der Waals surface area contributed by atoms with Gasteiger partial charge < -0.3 is 0 Å². The molecule has 1 aliphatic rings. The van der Waals surface area contributed by atoms with Crippen LogP contribution in [0.15, 0.2) is 42.7 Å². The molecule has 1 N–H and O–H groups in total. The molecule has 1 aliphatic carbocycles. The normalized spacial score (nSPS) is 20.7. The molecule has 6 heteroatoms. The van der Waals surface area contributed by atoms with Crippen LogP contribution >= 0.6 is 0 Å². The molecule has 122 valence electrons. The molecule has 2 aromatic rings. The van der Waals surface area contributed by atoms with Crippen molar-refractivity contribution in [2.24, 2.45) is 0 Å². The fourth-order valence-electron chi connectivity index (χ4n) is 2.53. The van der Waals surface area contributed by atoms with Gasteiger partial charge in [-0.15, -0.1) is 0 Å². The van der Waals surface area contributed by atoms with E-state index >= 15 is 0 Å². The van der Waals surface area contributed by atoms with Crippen LogP contribution < -0.4 is 4.72 Å². The maximum absolute atomic E-state index is 13.2. The number of halogens is 1. The molecule has 0 radical (unpaired) electrons. The van der Waals surface area contributed by atoms with E-state index in [9.17, 15) is 12.8 Å². The third-order valence-electron chi connectivity index (χ3n) is 4.10. The van der Waals surface area contributed by atoms with E-state index in [4.69, 9.17) is 0 Å². The Labute approximate surface area is 135 Å². The van der Waals surface area contributed by atoms with E-state index in [2.05, 4.69) is 9.71 Å². The lowest BCUT2D eigenvalue weighted by atomic mass is 10.0. The van der Waals surface area contributed by atoms with Crippen molar-refractivity contribution in [1.29, 1.82) is 0 Å². The van der Waals surface area contributed by atoms with Crippen molar-refractivity contribution in [1.82, 2.24) is 9.71 Å². The van der Waals surface area contributed by atoms with Crippen LogP contribution in [0, 0.1) is 5.82 Å². The first-order valence-electron chi connectivity index (χ1n) is 7.59. The summed E-state index contributed by atoms with van der Waals surface area (Å²) in [5.41, 5.74) is 2.71. The number of nitrogens with one attached hydrogen (secondary N) is 1.